The van der Waals surface area contributed by atoms with Crippen LogP contribution in [0.5, 0.6) is 0 Å². The van der Waals surface area contributed by atoms with E-state index >= 15 is 0 Å². The Morgan fingerprint density at radius 1 is 1.25 bits per heavy atom. The normalized spacial score (nSPS) is 1.75. The van der Waals surface area contributed by atoms with Crippen LogP contribution in [-0.2, 0) is 32.7 Å². The molecule has 4 heteroatoms. The van der Waals surface area contributed by atoms with Gasteiger partial charge in [-0.25, -0.2) is 0 Å². The van der Waals surface area contributed by atoms with Crippen LogP contribution in [0.2, 0.25) is 0 Å². The smallest absolute Gasteiger partial charge is 0 e. The zero-order valence-corrected chi connectivity index (χ0v) is 9.08. The van der Waals surface area contributed by atoms with Gasteiger partial charge in [0.2, 0.25) is 0 Å². The largest absolute Gasteiger partial charge is 0 e. The zero-order valence-electron chi connectivity index (χ0n) is 2.53. The summed E-state index contributed by atoms with van der Waals surface area (Å²) in [7, 11) is 0. The molecule has 0 aromatic carbocycles. The van der Waals surface area contributed by atoms with Crippen LogP contribution in [0.15, 0.2) is 0 Å². The fourth-order valence-electron chi connectivity index (χ4n) is 0. The Bertz CT molecular complexity index is 8.00. The molecule has 0 spiro atoms. The Labute approximate surface area is 93.2 Å². The van der Waals surface area contributed by atoms with E-state index < -0.39 is 0 Å². The fourth-order valence-corrected chi connectivity index (χ4v) is 0. The van der Waals surface area contributed by atoms with Gasteiger partial charge in [-0.05, 0) is 0 Å². The van der Waals surface area contributed by atoms with Crippen molar-refractivity contribution in [2.24, 2.45) is 0 Å². The van der Waals surface area contributed by atoms with Crippen LogP contribution in [0, 0.1) is 41.3 Å². The zero-order chi connectivity index (χ0) is 2.00. The molecule has 0 aliphatic carbocycles. The van der Waals surface area contributed by atoms with Gasteiger partial charge in [0.1, 0.15) is 0 Å². The van der Waals surface area contributed by atoms with Gasteiger partial charge in [0.15, 0.2) is 0 Å². The standard InChI is InChI=1S/FH.Li.Pr.Y/h1H;;;/q;+1;;/p-1. The molecule has 4 heavy (non-hydrogen) atoms. The van der Waals surface area contributed by atoms with Crippen LogP contribution in [-0.4, -0.2) is 18.2 Å². The predicted molar refractivity (Wildman–Crippen MR) is 6.86 cm³/mol. The monoisotopic (exact) mass is 256 g/mol. The molecule has 0 aromatic heterocycles. The van der Waals surface area contributed by atoms with Crippen LogP contribution in [0.1, 0.15) is 0 Å². The summed E-state index contributed by atoms with van der Waals surface area (Å²) in [6, 6.07) is 0. The maximum atomic E-state index is 9.50. The van der Waals surface area contributed by atoms with Gasteiger partial charge in [-0.3, -0.25) is 0 Å². The predicted octanol–water partition coefficient (Wildman–Crippen LogP) is 0.0369. The van der Waals surface area contributed by atoms with E-state index in [1.807, 2.05) is 0 Å². The molecule has 0 amide bonds. The van der Waals surface area contributed by atoms with Crippen molar-refractivity contribution in [3.8, 4) is 0 Å². The summed E-state index contributed by atoms with van der Waals surface area (Å²) in [6.45, 7) is 0. The van der Waals surface area contributed by atoms with Crippen LogP contribution in [0.3, 0.4) is 0 Å². The van der Waals surface area contributed by atoms with E-state index in [1.165, 1.54) is 0 Å². The van der Waals surface area contributed by atoms with Gasteiger partial charge in [-0.1, -0.05) is 0 Å². The second kappa shape index (κ2) is 16.7. The fraction of sp³-hybridized carbons (Fsp3) is 0. The summed E-state index contributed by atoms with van der Waals surface area (Å²) in [5, 5.41) is 0. The molecule has 0 aliphatic rings. The molecule has 0 rings (SSSR count). The molecule has 0 fully saturated rings. The van der Waals surface area contributed by atoms with Gasteiger partial charge in [0.05, 0.1) is 0 Å². The third-order valence-electron chi connectivity index (χ3n) is 0. The Morgan fingerprint density at radius 3 is 1.25 bits per heavy atom. The molecule has 2 radical (unpaired) electrons. The molecule has 14 valence electrons. The molecule has 0 heterocycles. The van der Waals surface area contributed by atoms with E-state index in [4.69, 9.17) is 0 Å². The number of rotatable bonds is 0. The summed E-state index contributed by atoms with van der Waals surface area (Å²) < 4.78 is 9.50. The summed E-state index contributed by atoms with van der Waals surface area (Å²) in [4.78, 5) is 0. The van der Waals surface area contributed by atoms with Crippen molar-refractivity contribution < 1.29 is 77.4 Å². The maximum Gasteiger partial charge on any atom is 0 e. The van der Waals surface area contributed by atoms with Gasteiger partial charge in [0.25, 0.3) is 0 Å². The molecule has 0 unspecified atom stereocenters. The molecule has 0 N–H and O–H groups in total. The average Bonchev–Trinajstić information content (AvgIpc) is 1.00. The number of hydrogen-bond donors (Lipinski definition) is 0. The van der Waals surface area contributed by atoms with E-state index in [0.29, 0.717) is 18.2 Å². The molecular weight excluding hydrogens is 256 g/mol. The first-order valence-electron chi connectivity index (χ1n) is 0.378. The minimum atomic E-state index is 0. The van der Waals surface area contributed by atoms with Crippen molar-refractivity contribution in [1.82, 2.24) is 0 Å². The van der Waals surface area contributed by atoms with E-state index in [1.54, 1.807) is 0 Å². The van der Waals surface area contributed by atoms with Crippen LogP contribution >= 0.6 is 0 Å². The summed E-state index contributed by atoms with van der Waals surface area (Å²) in [5.74, 6) is 0. The molecule has 0 saturated heterocycles. The van der Waals surface area contributed by atoms with Crippen molar-refractivity contribution >= 4 is 18.2 Å². The minimum absolute atomic E-state index is 0. The van der Waals surface area contributed by atoms with E-state index in [-0.39, 0.29) is 74.0 Å². The quantitative estimate of drug-likeness (QED) is 0.536. The van der Waals surface area contributed by atoms with Crippen LogP contribution in [0.25, 0.3) is 0 Å². The molecule has 0 aromatic rings. The second-order valence-electron chi connectivity index (χ2n) is 0. The van der Waals surface area contributed by atoms with Gasteiger partial charge >= 0.3 is 21.6 Å². The minimum Gasteiger partial charge on any atom is 0 e. The first-order valence-corrected chi connectivity index (χ1v) is 0.378. The summed E-state index contributed by atoms with van der Waals surface area (Å²) in [6.07, 6.45) is 0. The average molecular weight is 256 g/mol. The van der Waals surface area contributed by atoms with E-state index in [0.717, 1.165) is 0 Å². The van der Waals surface area contributed by atoms with Gasteiger partial charge in [-0.2, -0.15) is 0 Å². The topological polar surface area (TPSA) is 0 Å². The van der Waals surface area contributed by atoms with Crippen molar-refractivity contribution in [2.45, 2.75) is 0 Å². The van der Waals surface area contributed by atoms with Crippen molar-refractivity contribution in [3.63, 3.8) is 0 Å². The van der Waals surface area contributed by atoms with Gasteiger partial charge in [0, 0.05) is 74.0 Å². The van der Waals surface area contributed by atoms with Crippen molar-refractivity contribution in [1.29, 1.82) is 0 Å². The molecule has 0 bridgehead atoms. The first-order chi connectivity index (χ1) is 1.00. The van der Waals surface area contributed by atoms with Crippen molar-refractivity contribution in [3.05, 3.63) is 0 Å². The maximum absolute atomic E-state index is 9.50. The Morgan fingerprint density at radius 2 is 1.25 bits per heavy atom. The Hall–Kier alpha value is 2.99. The molecular formula is FLiPrY. The van der Waals surface area contributed by atoms with Crippen LogP contribution in [0.4, 0.5) is 3.38 Å². The van der Waals surface area contributed by atoms with E-state index in [2.05, 4.69) is 0 Å². The Balaban J connectivity index is -0.00000000500. The summed E-state index contributed by atoms with van der Waals surface area (Å²) in [5.41, 5.74) is 0. The summed E-state index contributed by atoms with van der Waals surface area (Å²) >= 11 is 0.500. The van der Waals surface area contributed by atoms with E-state index in [9.17, 15) is 3.38 Å². The van der Waals surface area contributed by atoms with Gasteiger partial charge in [-0.15, -0.1) is 0 Å². The Kier molecular flexibility index (Phi) is 65.7. The number of halogens is 1. The SMILES string of the molecule is [Li][F].[Pr].[Y]. The number of hydrogen-bond acceptors (Lipinski definition) is 0. The molecule has 0 atom stereocenters. The third-order valence-corrected chi connectivity index (χ3v) is 0. The van der Waals surface area contributed by atoms with Crippen LogP contribution < -0.4 is 0 Å². The first kappa shape index (κ1) is 15.8. The third kappa shape index (κ3) is 8.89. The second-order valence-corrected chi connectivity index (χ2v) is 0. The molecule has 0 aliphatic heterocycles. The molecule has 0 nitrogen and oxygen atoms in total. The van der Waals surface area contributed by atoms with Gasteiger partial charge < -0.3 is 0 Å². The van der Waals surface area contributed by atoms with Crippen molar-refractivity contribution in [2.75, 3.05) is 0 Å². The molecule has 0 saturated carbocycles.